The number of ether oxygens (including phenoxy) is 1. The van der Waals surface area contributed by atoms with Crippen LogP contribution in [0, 0.1) is 5.82 Å². The van der Waals surface area contributed by atoms with Crippen LogP contribution in [0.15, 0.2) is 53.0 Å². The van der Waals surface area contributed by atoms with Crippen molar-refractivity contribution in [2.45, 2.75) is 13.2 Å². The average Bonchev–Trinajstić information content (AvgIpc) is 2.35. The van der Waals surface area contributed by atoms with E-state index in [9.17, 15) is 4.39 Å². The molecular formula is C14H12BrFO. The van der Waals surface area contributed by atoms with Crippen molar-refractivity contribution in [3.05, 3.63) is 69.9 Å². The number of rotatable bonds is 4. The Morgan fingerprint density at radius 2 is 1.65 bits per heavy atom. The Morgan fingerprint density at radius 1 is 0.941 bits per heavy atom. The van der Waals surface area contributed by atoms with Crippen molar-refractivity contribution in [1.29, 1.82) is 0 Å². The standard InChI is InChI=1S/C14H12BrFO/c15-13-8-12(6-7-14(13)16)10-17-9-11-4-2-1-3-5-11/h1-8H,9-10H2. The van der Waals surface area contributed by atoms with Crippen LogP contribution in [0.3, 0.4) is 0 Å². The average molecular weight is 295 g/mol. The fourth-order valence-electron chi connectivity index (χ4n) is 1.49. The molecule has 0 bridgehead atoms. The fraction of sp³-hybridized carbons (Fsp3) is 0.143. The molecule has 0 aliphatic carbocycles. The van der Waals surface area contributed by atoms with Gasteiger partial charge in [-0.05, 0) is 39.2 Å². The summed E-state index contributed by atoms with van der Waals surface area (Å²) < 4.78 is 19.0. The van der Waals surface area contributed by atoms with Gasteiger partial charge in [0.2, 0.25) is 0 Å². The van der Waals surface area contributed by atoms with Gasteiger partial charge in [0.05, 0.1) is 17.7 Å². The molecule has 0 fully saturated rings. The molecule has 1 nitrogen and oxygen atoms in total. The predicted octanol–water partition coefficient (Wildman–Crippen LogP) is 4.31. The van der Waals surface area contributed by atoms with E-state index in [1.54, 1.807) is 12.1 Å². The van der Waals surface area contributed by atoms with Crippen LogP contribution < -0.4 is 0 Å². The molecular weight excluding hydrogens is 283 g/mol. The minimum absolute atomic E-state index is 0.253. The lowest BCUT2D eigenvalue weighted by atomic mass is 10.2. The largest absolute Gasteiger partial charge is 0.372 e. The minimum atomic E-state index is -0.253. The highest BCUT2D eigenvalue weighted by Gasteiger charge is 2.00. The van der Waals surface area contributed by atoms with Gasteiger partial charge in [-0.2, -0.15) is 0 Å². The second-order valence-corrected chi connectivity index (χ2v) is 4.58. The van der Waals surface area contributed by atoms with Crippen molar-refractivity contribution >= 4 is 15.9 Å². The first kappa shape index (κ1) is 12.3. The maximum absolute atomic E-state index is 13.0. The van der Waals surface area contributed by atoms with E-state index < -0.39 is 0 Å². The molecule has 0 heterocycles. The van der Waals surface area contributed by atoms with Gasteiger partial charge >= 0.3 is 0 Å². The number of hydrogen-bond donors (Lipinski definition) is 0. The van der Waals surface area contributed by atoms with Gasteiger partial charge in [-0.15, -0.1) is 0 Å². The summed E-state index contributed by atoms with van der Waals surface area (Å²) in [5.41, 5.74) is 2.09. The van der Waals surface area contributed by atoms with E-state index in [0.29, 0.717) is 17.7 Å². The third kappa shape index (κ3) is 3.65. The third-order valence-electron chi connectivity index (χ3n) is 2.36. The van der Waals surface area contributed by atoms with Crippen LogP contribution in [0.1, 0.15) is 11.1 Å². The maximum atomic E-state index is 13.0. The number of hydrogen-bond acceptors (Lipinski definition) is 1. The molecule has 0 aromatic heterocycles. The lowest BCUT2D eigenvalue weighted by Gasteiger charge is -2.05. The van der Waals surface area contributed by atoms with Crippen molar-refractivity contribution in [2.75, 3.05) is 0 Å². The molecule has 2 aromatic rings. The summed E-state index contributed by atoms with van der Waals surface area (Å²) in [5.74, 6) is -0.253. The Hall–Kier alpha value is -1.19. The lowest BCUT2D eigenvalue weighted by Crippen LogP contribution is -1.94. The molecule has 0 aliphatic rings. The van der Waals surface area contributed by atoms with E-state index in [1.807, 2.05) is 30.3 Å². The molecule has 0 spiro atoms. The highest BCUT2D eigenvalue weighted by atomic mass is 79.9. The van der Waals surface area contributed by atoms with Crippen LogP contribution >= 0.6 is 15.9 Å². The zero-order valence-corrected chi connectivity index (χ0v) is 10.8. The molecule has 0 amide bonds. The first-order valence-electron chi connectivity index (χ1n) is 5.31. The summed E-state index contributed by atoms with van der Waals surface area (Å²) in [6.07, 6.45) is 0. The Kier molecular flexibility index (Phi) is 4.29. The Balaban J connectivity index is 1.88. The number of benzene rings is 2. The normalized spacial score (nSPS) is 10.5. The molecule has 0 radical (unpaired) electrons. The highest BCUT2D eigenvalue weighted by molar-refractivity contribution is 9.10. The second-order valence-electron chi connectivity index (χ2n) is 3.73. The van der Waals surface area contributed by atoms with E-state index in [2.05, 4.69) is 15.9 Å². The fourth-order valence-corrected chi connectivity index (χ4v) is 1.92. The molecule has 2 rings (SSSR count). The molecule has 0 aliphatic heterocycles. The summed E-state index contributed by atoms with van der Waals surface area (Å²) in [7, 11) is 0. The summed E-state index contributed by atoms with van der Waals surface area (Å²) in [5, 5.41) is 0. The Bertz CT molecular complexity index is 485. The summed E-state index contributed by atoms with van der Waals surface area (Å²) in [6, 6.07) is 14.9. The highest BCUT2D eigenvalue weighted by Crippen LogP contribution is 2.17. The van der Waals surface area contributed by atoms with Crippen LogP contribution in [0.2, 0.25) is 0 Å². The second kappa shape index (κ2) is 5.94. The van der Waals surface area contributed by atoms with E-state index in [0.717, 1.165) is 11.1 Å². The smallest absolute Gasteiger partial charge is 0.137 e. The zero-order chi connectivity index (χ0) is 12.1. The van der Waals surface area contributed by atoms with E-state index in [4.69, 9.17) is 4.74 Å². The van der Waals surface area contributed by atoms with Gasteiger partial charge in [-0.25, -0.2) is 4.39 Å². The van der Waals surface area contributed by atoms with Crippen molar-refractivity contribution in [1.82, 2.24) is 0 Å². The minimum Gasteiger partial charge on any atom is -0.372 e. The molecule has 88 valence electrons. The molecule has 0 saturated carbocycles. The van der Waals surface area contributed by atoms with Crippen molar-refractivity contribution in [2.24, 2.45) is 0 Å². The summed E-state index contributed by atoms with van der Waals surface area (Å²) >= 11 is 3.15. The van der Waals surface area contributed by atoms with E-state index in [-0.39, 0.29) is 5.82 Å². The number of halogens is 2. The molecule has 2 aromatic carbocycles. The lowest BCUT2D eigenvalue weighted by molar-refractivity contribution is 0.107. The van der Waals surface area contributed by atoms with Gasteiger partial charge in [-0.3, -0.25) is 0 Å². The van der Waals surface area contributed by atoms with Crippen molar-refractivity contribution in [3.8, 4) is 0 Å². The molecule has 0 atom stereocenters. The van der Waals surface area contributed by atoms with Gasteiger partial charge in [0.15, 0.2) is 0 Å². The molecule has 0 unspecified atom stereocenters. The Labute approximate surface area is 108 Å². The van der Waals surface area contributed by atoms with Gasteiger partial charge in [0.25, 0.3) is 0 Å². The SMILES string of the molecule is Fc1ccc(COCc2ccccc2)cc1Br. The van der Waals surface area contributed by atoms with Crippen LogP contribution in [-0.2, 0) is 18.0 Å². The molecule has 0 N–H and O–H groups in total. The predicted molar refractivity (Wildman–Crippen MR) is 69.0 cm³/mol. The van der Waals surface area contributed by atoms with Crippen LogP contribution in [-0.4, -0.2) is 0 Å². The van der Waals surface area contributed by atoms with Crippen LogP contribution in [0.25, 0.3) is 0 Å². The molecule has 3 heteroatoms. The Morgan fingerprint density at radius 3 is 2.35 bits per heavy atom. The van der Waals surface area contributed by atoms with Gasteiger partial charge in [-0.1, -0.05) is 36.4 Å². The first-order valence-corrected chi connectivity index (χ1v) is 6.10. The zero-order valence-electron chi connectivity index (χ0n) is 9.20. The summed E-state index contributed by atoms with van der Waals surface area (Å²) in [4.78, 5) is 0. The van der Waals surface area contributed by atoms with Crippen LogP contribution in [0.4, 0.5) is 4.39 Å². The first-order chi connectivity index (χ1) is 8.25. The molecule has 17 heavy (non-hydrogen) atoms. The molecule has 0 saturated heterocycles. The maximum Gasteiger partial charge on any atom is 0.137 e. The van der Waals surface area contributed by atoms with E-state index >= 15 is 0 Å². The topological polar surface area (TPSA) is 9.23 Å². The van der Waals surface area contributed by atoms with Crippen molar-refractivity contribution < 1.29 is 9.13 Å². The van der Waals surface area contributed by atoms with Gasteiger partial charge in [0, 0.05) is 0 Å². The van der Waals surface area contributed by atoms with Gasteiger partial charge < -0.3 is 4.74 Å². The summed E-state index contributed by atoms with van der Waals surface area (Å²) in [6.45, 7) is 1.05. The van der Waals surface area contributed by atoms with Crippen molar-refractivity contribution in [3.63, 3.8) is 0 Å². The quantitative estimate of drug-likeness (QED) is 0.817. The monoisotopic (exact) mass is 294 g/mol. The van der Waals surface area contributed by atoms with Gasteiger partial charge in [0.1, 0.15) is 5.82 Å². The third-order valence-corrected chi connectivity index (χ3v) is 2.97. The van der Waals surface area contributed by atoms with Crippen LogP contribution in [0.5, 0.6) is 0 Å². The van der Waals surface area contributed by atoms with E-state index in [1.165, 1.54) is 6.07 Å².